The Morgan fingerprint density at radius 2 is 1.67 bits per heavy atom. The van der Waals surface area contributed by atoms with E-state index in [-0.39, 0.29) is 5.82 Å². The maximum Gasteiger partial charge on any atom is 0.123 e. The van der Waals surface area contributed by atoms with Gasteiger partial charge in [0.1, 0.15) is 11.6 Å². The average molecular weight is 240 g/mol. The van der Waals surface area contributed by atoms with Gasteiger partial charge in [0, 0.05) is 0 Å². The zero-order valence-corrected chi connectivity index (χ0v) is 9.86. The lowest BCUT2D eigenvalue weighted by atomic mass is 10.1. The second-order valence-corrected chi connectivity index (χ2v) is 4.66. The van der Waals surface area contributed by atoms with E-state index in [1.807, 2.05) is 12.1 Å². The van der Waals surface area contributed by atoms with E-state index < -0.39 is 0 Å². The van der Waals surface area contributed by atoms with E-state index in [0.29, 0.717) is 5.75 Å². The summed E-state index contributed by atoms with van der Waals surface area (Å²) in [6.07, 6.45) is 3.87. The van der Waals surface area contributed by atoms with Gasteiger partial charge in [0.2, 0.25) is 0 Å². The van der Waals surface area contributed by atoms with E-state index in [0.717, 1.165) is 18.4 Å². The number of benzene rings is 2. The van der Waals surface area contributed by atoms with Gasteiger partial charge in [-0.3, -0.25) is 0 Å². The van der Waals surface area contributed by atoms with Gasteiger partial charge in [0.25, 0.3) is 0 Å². The van der Waals surface area contributed by atoms with Crippen LogP contribution in [0.3, 0.4) is 0 Å². The normalized spacial score (nSPS) is 15.9. The van der Waals surface area contributed by atoms with Gasteiger partial charge < -0.3 is 5.11 Å². The minimum Gasteiger partial charge on any atom is -0.508 e. The van der Waals surface area contributed by atoms with Crippen LogP contribution in [0.4, 0.5) is 4.39 Å². The van der Waals surface area contributed by atoms with Crippen LogP contribution in [-0.4, -0.2) is 5.11 Å². The van der Waals surface area contributed by atoms with Crippen LogP contribution >= 0.6 is 0 Å². The van der Waals surface area contributed by atoms with Crippen LogP contribution in [0.2, 0.25) is 0 Å². The van der Waals surface area contributed by atoms with E-state index in [9.17, 15) is 9.50 Å². The van der Waals surface area contributed by atoms with Gasteiger partial charge in [0.15, 0.2) is 0 Å². The first-order valence-electron chi connectivity index (χ1n) is 5.96. The van der Waals surface area contributed by atoms with Crippen LogP contribution in [0, 0.1) is 5.82 Å². The fourth-order valence-corrected chi connectivity index (χ4v) is 2.40. The lowest BCUT2D eigenvalue weighted by molar-refractivity contribution is 0.474. The van der Waals surface area contributed by atoms with Gasteiger partial charge in [-0.05, 0) is 53.8 Å². The number of hydrogen-bond donors (Lipinski definition) is 1. The summed E-state index contributed by atoms with van der Waals surface area (Å²) in [5.74, 6) is 0.105. The molecule has 18 heavy (non-hydrogen) atoms. The molecule has 0 heterocycles. The Hall–Kier alpha value is -2.09. The minimum absolute atomic E-state index is 0.211. The molecule has 3 rings (SSSR count). The number of phenolic OH excluding ortho intramolecular Hbond substituents is 1. The number of halogens is 1. The number of rotatable bonds is 1. The molecule has 0 atom stereocenters. The van der Waals surface area contributed by atoms with Gasteiger partial charge in [-0.25, -0.2) is 4.39 Å². The molecule has 0 spiro atoms. The SMILES string of the molecule is Oc1ccc2c(c1)CC(=Cc1ccc(F)cc1)C2. The van der Waals surface area contributed by atoms with Crippen molar-refractivity contribution in [2.45, 2.75) is 12.8 Å². The Bertz CT molecular complexity index is 611. The summed E-state index contributed by atoms with van der Waals surface area (Å²) in [5.41, 5.74) is 4.76. The predicted octanol–water partition coefficient (Wildman–Crippen LogP) is 3.71. The third-order valence-electron chi connectivity index (χ3n) is 3.27. The van der Waals surface area contributed by atoms with Gasteiger partial charge in [-0.2, -0.15) is 0 Å². The van der Waals surface area contributed by atoms with Crippen molar-refractivity contribution in [1.82, 2.24) is 0 Å². The molecule has 0 aliphatic heterocycles. The first-order valence-corrected chi connectivity index (χ1v) is 5.96. The first-order chi connectivity index (χ1) is 8.70. The zero-order chi connectivity index (χ0) is 12.5. The Balaban J connectivity index is 1.87. The van der Waals surface area contributed by atoms with E-state index >= 15 is 0 Å². The quantitative estimate of drug-likeness (QED) is 0.805. The van der Waals surface area contributed by atoms with Crippen LogP contribution in [0.25, 0.3) is 6.08 Å². The lowest BCUT2D eigenvalue weighted by Gasteiger charge is -1.97. The highest BCUT2D eigenvalue weighted by atomic mass is 19.1. The Kier molecular flexibility index (Phi) is 2.63. The van der Waals surface area contributed by atoms with Crippen molar-refractivity contribution in [2.75, 3.05) is 0 Å². The maximum atomic E-state index is 12.8. The number of aromatic hydroxyl groups is 1. The minimum atomic E-state index is -0.211. The van der Waals surface area contributed by atoms with Crippen LogP contribution in [-0.2, 0) is 12.8 Å². The molecule has 90 valence electrons. The predicted molar refractivity (Wildman–Crippen MR) is 69.9 cm³/mol. The molecule has 0 bridgehead atoms. The lowest BCUT2D eigenvalue weighted by Crippen LogP contribution is -1.82. The van der Waals surface area contributed by atoms with Gasteiger partial charge in [-0.15, -0.1) is 0 Å². The van der Waals surface area contributed by atoms with Crippen molar-refractivity contribution in [3.8, 4) is 5.75 Å². The highest BCUT2D eigenvalue weighted by Crippen LogP contribution is 2.30. The Morgan fingerprint density at radius 1 is 0.944 bits per heavy atom. The summed E-state index contributed by atoms with van der Waals surface area (Å²) in [4.78, 5) is 0. The van der Waals surface area contributed by atoms with E-state index in [1.165, 1.54) is 28.8 Å². The second-order valence-electron chi connectivity index (χ2n) is 4.66. The fraction of sp³-hybridized carbons (Fsp3) is 0.125. The number of phenols is 1. The van der Waals surface area contributed by atoms with Gasteiger partial charge in [0.05, 0.1) is 0 Å². The van der Waals surface area contributed by atoms with Crippen molar-refractivity contribution >= 4 is 6.08 Å². The molecule has 0 aromatic heterocycles. The summed E-state index contributed by atoms with van der Waals surface area (Å²) < 4.78 is 12.8. The summed E-state index contributed by atoms with van der Waals surface area (Å²) in [6, 6.07) is 12.0. The summed E-state index contributed by atoms with van der Waals surface area (Å²) >= 11 is 0. The Labute approximate surface area is 105 Å². The maximum absolute atomic E-state index is 12.8. The second kappa shape index (κ2) is 4.30. The molecule has 2 aromatic carbocycles. The van der Waals surface area contributed by atoms with Gasteiger partial charge in [-0.1, -0.05) is 29.8 Å². The largest absolute Gasteiger partial charge is 0.508 e. The summed E-state index contributed by atoms with van der Waals surface area (Å²) in [7, 11) is 0. The molecule has 1 N–H and O–H groups in total. The Morgan fingerprint density at radius 3 is 2.44 bits per heavy atom. The first kappa shape index (κ1) is 11.0. The topological polar surface area (TPSA) is 20.2 Å². The average Bonchev–Trinajstić information content (AvgIpc) is 2.73. The van der Waals surface area contributed by atoms with Crippen LogP contribution in [0.1, 0.15) is 16.7 Å². The number of fused-ring (bicyclic) bond motifs is 1. The molecule has 1 aliphatic carbocycles. The monoisotopic (exact) mass is 240 g/mol. The third kappa shape index (κ3) is 2.14. The molecule has 0 unspecified atom stereocenters. The summed E-state index contributed by atoms with van der Waals surface area (Å²) in [5, 5.41) is 9.44. The van der Waals surface area contributed by atoms with Crippen LogP contribution in [0.5, 0.6) is 5.75 Å². The summed E-state index contributed by atoms with van der Waals surface area (Å²) in [6.45, 7) is 0. The van der Waals surface area contributed by atoms with Crippen LogP contribution < -0.4 is 0 Å². The van der Waals surface area contributed by atoms with Gasteiger partial charge >= 0.3 is 0 Å². The highest BCUT2D eigenvalue weighted by Gasteiger charge is 2.15. The molecule has 0 amide bonds. The fourth-order valence-electron chi connectivity index (χ4n) is 2.40. The molecule has 2 aromatic rings. The third-order valence-corrected chi connectivity index (χ3v) is 3.27. The number of allylic oxidation sites excluding steroid dienone is 1. The highest BCUT2D eigenvalue weighted by molar-refractivity contribution is 5.58. The molecular formula is C16H13FO. The molecule has 0 saturated heterocycles. The van der Waals surface area contributed by atoms with Crippen molar-refractivity contribution in [2.24, 2.45) is 0 Å². The smallest absolute Gasteiger partial charge is 0.123 e. The standard InChI is InChI=1S/C16H13FO/c17-15-4-1-11(2-5-15)7-12-8-13-3-6-16(18)10-14(13)9-12/h1-7,10,18H,8-9H2. The van der Waals surface area contributed by atoms with E-state index in [1.54, 1.807) is 18.2 Å². The van der Waals surface area contributed by atoms with E-state index in [2.05, 4.69) is 6.08 Å². The number of hydrogen-bond acceptors (Lipinski definition) is 1. The van der Waals surface area contributed by atoms with E-state index in [4.69, 9.17) is 0 Å². The molecule has 1 aliphatic rings. The van der Waals surface area contributed by atoms with Crippen molar-refractivity contribution in [3.05, 3.63) is 70.5 Å². The van der Waals surface area contributed by atoms with Crippen molar-refractivity contribution < 1.29 is 9.50 Å². The molecule has 0 fully saturated rings. The molecule has 0 radical (unpaired) electrons. The molecule has 0 saturated carbocycles. The molecule has 2 heteroatoms. The van der Waals surface area contributed by atoms with Crippen molar-refractivity contribution in [1.29, 1.82) is 0 Å². The molecule has 1 nitrogen and oxygen atoms in total. The van der Waals surface area contributed by atoms with Crippen molar-refractivity contribution in [3.63, 3.8) is 0 Å². The van der Waals surface area contributed by atoms with Crippen LogP contribution in [0.15, 0.2) is 48.0 Å². The zero-order valence-electron chi connectivity index (χ0n) is 9.86. The molecular weight excluding hydrogens is 227 g/mol.